The summed E-state index contributed by atoms with van der Waals surface area (Å²) in [6, 6.07) is 6.54. The molecule has 0 atom stereocenters. The Morgan fingerprint density at radius 2 is 1.94 bits per heavy atom. The molecule has 0 fully saturated rings. The normalized spacial score (nSPS) is 10.9. The molecular weight excluding hydrogens is 229 g/mol. The zero-order valence-corrected chi connectivity index (χ0v) is 11.4. The summed E-state index contributed by atoms with van der Waals surface area (Å²) in [5.41, 5.74) is 0. The second-order valence-corrected chi connectivity index (χ2v) is 4.94. The summed E-state index contributed by atoms with van der Waals surface area (Å²) in [6.07, 6.45) is 3.23. The van der Waals surface area contributed by atoms with Crippen LogP contribution in [0.3, 0.4) is 0 Å². The lowest BCUT2D eigenvalue weighted by Gasteiger charge is -2.08. The highest BCUT2D eigenvalue weighted by Gasteiger charge is 2.00. The maximum absolute atomic E-state index is 13.2. The third-order valence-electron chi connectivity index (χ3n) is 2.64. The molecule has 1 rings (SSSR count). The van der Waals surface area contributed by atoms with Crippen LogP contribution in [0.25, 0.3) is 0 Å². The molecule has 0 aliphatic heterocycles. The molecule has 0 unspecified atom stereocenters. The van der Waals surface area contributed by atoms with Gasteiger partial charge in [0, 0.05) is 0 Å². The lowest BCUT2D eigenvalue weighted by Crippen LogP contribution is -2.20. The van der Waals surface area contributed by atoms with E-state index in [-0.39, 0.29) is 5.82 Å². The van der Waals surface area contributed by atoms with Gasteiger partial charge in [-0.2, -0.15) is 0 Å². The van der Waals surface area contributed by atoms with Crippen LogP contribution in [0, 0.1) is 11.7 Å². The lowest BCUT2D eigenvalue weighted by atomic mass is 10.2. The topological polar surface area (TPSA) is 21.3 Å². The first kappa shape index (κ1) is 15.0. The average Bonchev–Trinajstić information content (AvgIpc) is 2.34. The first-order chi connectivity index (χ1) is 8.70. The number of halogens is 1. The summed E-state index contributed by atoms with van der Waals surface area (Å²) in [4.78, 5) is 0. The van der Waals surface area contributed by atoms with Crippen LogP contribution >= 0.6 is 0 Å². The minimum Gasteiger partial charge on any atom is -0.491 e. The van der Waals surface area contributed by atoms with Gasteiger partial charge in [-0.15, -0.1) is 0 Å². The number of hydrogen-bond acceptors (Lipinski definition) is 2. The molecule has 0 saturated carbocycles. The van der Waals surface area contributed by atoms with E-state index >= 15 is 0 Å². The number of benzene rings is 1. The number of hydrogen-bond donors (Lipinski definition) is 1. The van der Waals surface area contributed by atoms with E-state index in [1.807, 2.05) is 0 Å². The van der Waals surface area contributed by atoms with Crippen LogP contribution in [-0.4, -0.2) is 19.7 Å². The van der Waals surface area contributed by atoms with Crippen molar-refractivity contribution in [2.24, 2.45) is 5.92 Å². The SMILES string of the molecule is CC(C)CNCCCCCOc1ccccc1F. The minimum atomic E-state index is -0.281. The van der Waals surface area contributed by atoms with Crippen molar-refractivity contribution in [3.05, 3.63) is 30.1 Å². The summed E-state index contributed by atoms with van der Waals surface area (Å²) < 4.78 is 18.6. The van der Waals surface area contributed by atoms with Crippen molar-refractivity contribution in [1.82, 2.24) is 5.32 Å². The van der Waals surface area contributed by atoms with Crippen molar-refractivity contribution in [2.75, 3.05) is 19.7 Å². The zero-order valence-electron chi connectivity index (χ0n) is 11.4. The molecule has 2 nitrogen and oxygen atoms in total. The van der Waals surface area contributed by atoms with E-state index in [0.717, 1.165) is 32.4 Å². The van der Waals surface area contributed by atoms with Crippen molar-refractivity contribution >= 4 is 0 Å². The second-order valence-electron chi connectivity index (χ2n) is 4.94. The predicted molar refractivity (Wildman–Crippen MR) is 73.5 cm³/mol. The van der Waals surface area contributed by atoms with Crippen LogP contribution < -0.4 is 10.1 Å². The number of nitrogens with one attached hydrogen (secondary N) is 1. The predicted octanol–water partition coefficient (Wildman–Crippen LogP) is 3.62. The van der Waals surface area contributed by atoms with Crippen LogP contribution in [0.15, 0.2) is 24.3 Å². The number of ether oxygens (including phenoxy) is 1. The third kappa shape index (κ3) is 6.60. The van der Waals surface area contributed by atoms with Gasteiger partial charge >= 0.3 is 0 Å². The molecule has 0 saturated heterocycles. The molecule has 1 N–H and O–H groups in total. The van der Waals surface area contributed by atoms with Gasteiger partial charge in [0.05, 0.1) is 6.61 Å². The van der Waals surface area contributed by atoms with Crippen LogP contribution in [0.2, 0.25) is 0 Å². The Balaban J connectivity index is 1.98. The Kier molecular flexibility index (Phi) is 7.42. The highest BCUT2D eigenvalue weighted by molar-refractivity contribution is 5.23. The van der Waals surface area contributed by atoms with Gasteiger partial charge in [-0.3, -0.25) is 0 Å². The largest absolute Gasteiger partial charge is 0.491 e. The summed E-state index contributed by atoms with van der Waals surface area (Å²) in [6.45, 7) is 7.12. The van der Waals surface area contributed by atoms with Crippen molar-refractivity contribution in [3.8, 4) is 5.75 Å². The Labute approximate surface area is 110 Å². The first-order valence-electron chi connectivity index (χ1n) is 6.78. The maximum Gasteiger partial charge on any atom is 0.165 e. The molecule has 0 spiro atoms. The maximum atomic E-state index is 13.2. The van der Waals surface area contributed by atoms with E-state index in [2.05, 4.69) is 19.2 Å². The lowest BCUT2D eigenvalue weighted by molar-refractivity contribution is 0.290. The Morgan fingerprint density at radius 3 is 2.67 bits per heavy atom. The molecule has 0 aliphatic rings. The summed E-state index contributed by atoms with van der Waals surface area (Å²) in [7, 11) is 0. The van der Waals surface area contributed by atoms with Gasteiger partial charge in [-0.05, 0) is 50.4 Å². The summed E-state index contributed by atoms with van der Waals surface area (Å²) >= 11 is 0. The van der Waals surface area contributed by atoms with Crippen LogP contribution in [0.4, 0.5) is 4.39 Å². The molecule has 0 radical (unpaired) electrons. The van der Waals surface area contributed by atoms with Crippen molar-refractivity contribution < 1.29 is 9.13 Å². The Bertz CT molecular complexity index is 328. The van der Waals surface area contributed by atoms with E-state index in [1.54, 1.807) is 18.2 Å². The van der Waals surface area contributed by atoms with Crippen LogP contribution in [0.5, 0.6) is 5.75 Å². The van der Waals surface area contributed by atoms with Gasteiger partial charge in [-0.25, -0.2) is 4.39 Å². The highest BCUT2D eigenvalue weighted by Crippen LogP contribution is 2.15. The first-order valence-corrected chi connectivity index (χ1v) is 6.78. The molecule has 0 aliphatic carbocycles. The molecule has 3 heteroatoms. The van der Waals surface area contributed by atoms with Gasteiger partial charge in [0.15, 0.2) is 11.6 Å². The third-order valence-corrected chi connectivity index (χ3v) is 2.64. The molecule has 1 aromatic rings. The monoisotopic (exact) mass is 253 g/mol. The standard InChI is InChI=1S/C15H24FNO/c1-13(2)12-17-10-6-3-7-11-18-15-9-5-4-8-14(15)16/h4-5,8-9,13,17H,3,6-7,10-12H2,1-2H3. The fraction of sp³-hybridized carbons (Fsp3) is 0.600. The molecule has 0 amide bonds. The molecule has 1 aromatic carbocycles. The highest BCUT2D eigenvalue weighted by atomic mass is 19.1. The summed E-state index contributed by atoms with van der Waals surface area (Å²) in [5.74, 6) is 0.779. The van der Waals surface area contributed by atoms with Crippen molar-refractivity contribution in [1.29, 1.82) is 0 Å². The minimum absolute atomic E-state index is 0.281. The quantitative estimate of drug-likeness (QED) is 0.679. The molecular formula is C15H24FNO. The Morgan fingerprint density at radius 1 is 1.17 bits per heavy atom. The van der Waals surface area contributed by atoms with E-state index in [1.165, 1.54) is 6.07 Å². The molecule has 102 valence electrons. The molecule has 18 heavy (non-hydrogen) atoms. The van der Waals surface area contributed by atoms with E-state index < -0.39 is 0 Å². The van der Waals surface area contributed by atoms with Crippen LogP contribution in [0.1, 0.15) is 33.1 Å². The number of unbranched alkanes of at least 4 members (excludes halogenated alkanes) is 2. The summed E-state index contributed by atoms with van der Waals surface area (Å²) in [5, 5.41) is 3.40. The fourth-order valence-electron chi connectivity index (χ4n) is 1.66. The van der Waals surface area contributed by atoms with Crippen molar-refractivity contribution in [3.63, 3.8) is 0 Å². The number of rotatable bonds is 9. The van der Waals surface area contributed by atoms with Gasteiger partial charge in [0.2, 0.25) is 0 Å². The molecule has 0 aromatic heterocycles. The molecule has 0 heterocycles. The second kappa shape index (κ2) is 8.92. The van der Waals surface area contributed by atoms with E-state index in [4.69, 9.17) is 4.74 Å². The molecule has 0 bridgehead atoms. The van der Waals surface area contributed by atoms with E-state index in [9.17, 15) is 4.39 Å². The van der Waals surface area contributed by atoms with Gasteiger partial charge < -0.3 is 10.1 Å². The van der Waals surface area contributed by atoms with Gasteiger partial charge in [0.25, 0.3) is 0 Å². The van der Waals surface area contributed by atoms with E-state index in [0.29, 0.717) is 18.3 Å². The average molecular weight is 253 g/mol. The van der Waals surface area contributed by atoms with Gasteiger partial charge in [0.1, 0.15) is 0 Å². The van der Waals surface area contributed by atoms with Crippen LogP contribution in [-0.2, 0) is 0 Å². The fourth-order valence-corrected chi connectivity index (χ4v) is 1.66. The Hall–Kier alpha value is -1.09. The zero-order chi connectivity index (χ0) is 13.2. The van der Waals surface area contributed by atoms with Crippen molar-refractivity contribution in [2.45, 2.75) is 33.1 Å². The number of para-hydroxylation sites is 1. The van der Waals surface area contributed by atoms with Gasteiger partial charge in [-0.1, -0.05) is 26.0 Å². The smallest absolute Gasteiger partial charge is 0.165 e.